The quantitative estimate of drug-likeness (QED) is 0.363. The highest BCUT2D eigenvalue weighted by Crippen LogP contribution is 2.17. The summed E-state index contributed by atoms with van der Waals surface area (Å²) in [5.41, 5.74) is 2.63. The number of unbranched alkanes of at least 4 members (excludes halogenated alkanes) is 4. The summed E-state index contributed by atoms with van der Waals surface area (Å²) in [6.07, 6.45) is 11.0. The molecule has 0 bridgehead atoms. The molecule has 0 aliphatic carbocycles. The van der Waals surface area contributed by atoms with Crippen LogP contribution in [0, 0.1) is 0 Å². The van der Waals surface area contributed by atoms with Crippen molar-refractivity contribution in [1.29, 1.82) is 0 Å². The van der Waals surface area contributed by atoms with E-state index in [1.165, 1.54) is 49.1 Å². The second kappa shape index (κ2) is 9.22. The Morgan fingerprint density at radius 3 is 2.20 bits per heavy atom. The van der Waals surface area contributed by atoms with Gasteiger partial charge in [0.2, 0.25) is 0 Å². The Kier molecular flexibility index (Phi) is 6.44. The number of imidazole rings is 1. The monoisotopic (exact) mass is 333 g/mol. The van der Waals surface area contributed by atoms with E-state index >= 15 is 0 Å². The summed E-state index contributed by atoms with van der Waals surface area (Å²) in [5, 5.41) is 0. The molecule has 0 fully saturated rings. The molecule has 0 aliphatic rings. The Morgan fingerprint density at radius 1 is 0.800 bits per heavy atom. The smallest absolute Gasteiger partial charge is 0.230 e. The normalized spacial score (nSPS) is 10.9. The van der Waals surface area contributed by atoms with Crippen LogP contribution in [0.3, 0.4) is 0 Å². The number of nitrogens with zero attached hydrogens (tertiary/aromatic N) is 2. The van der Waals surface area contributed by atoms with Gasteiger partial charge in [-0.25, -0.2) is 9.13 Å². The summed E-state index contributed by atoms with van der Waals surface area (Å²) in [7, 11) is 0. The van der Waals surface area contributed by atoms with Crippen molar-refractivity contribution in [3.63, 3.8) is 0 Å². The number of hydrogen-bond acceptors (Lipinski definition) is 0. The fourth-order valence-electron chi connectivity index (χ4n) is 3.36. The van der Waals surface area contributed by atoms with Crippen molar-refractivity contribution in [3.05, 3.63) is 78.6 Å². The molecule has 1 aromatic heterocycles. The van der Waals surface area contributed by atoms with Crippen LogP contribution in [0.1, 0.15) is 44.6 Å². The molecule has 2 nitrogen and oxygen atoms in total. The van der Waals surface area contributed by atoms with Crippen LogP contribution in [0.2, 0.25) is 0 Å². The molecule has 2 heteroatoms. The zero-order valence-electron chi connectivity index (χ0n) is 15.3. The van der Waals surface area contributed by atoms with E-state index in [1.807, 2.05) is 0 Å². The van der Waals surface area contributed by atoms with Crippen molar-refractivity contribution in [2.24, 2.45) is 0 Å². The Balaban J connectivity index is 1.80. The first kappa shape index (κ1) is 17.5. The Labute approximate surface area is 151 Å². The molecule has 0 spiro atoms. The van der Waals surface area contributed by atoms with Gasteiger partial charge in [0.1, 0.15) is 18.9 Å². The maximum atomic E-state index is 2.42. The third-order valence-corrected chi connectivity index (χ3v) is 4.70. The van der Waals surface area contributed by atoms with E-state index in [-0.39, 0.29) is 0 Å². The van der Waals surface area contributed by atoms with Crippen molar-refractivity contribution in [1.82, 2.24) is 4.57 Å². The number of aromatic nitrogens is 2. The van der Waals surface area contributed by atoms with Crippen LogP contribution in [0.5, 0.6) is 0 Å². The molecule has 1 heterocycles. The van der Waals surface area contributed by atoms with Gasteiger partial charge in [-0.3, -0.25) is 0 Å². The molecule has 25 heavy (non-hydrogen) atoms. The SMILES string of the molecule is CCCCCCC[n+]1ccn(Cc2ccccc2)c1-c1ccccc1. The van der Waals surface area contributed by atoms with Gasteiger partial charge >= 0.3 is 0 Å². The van der Waals surface area contributed by atoms with E-state index in [0.29, 0.717) is 0 Å². The molecule has 3 aromatic rings. The van der Waals surface area contributed by atoms with Gasteiger partial charge in [0.15, 0.2) is 0 Å². The maximum Gasteiger partial charge on any atom is 0.289 e. The summed E-state index contributed by atoms with van der Waals surface area (Å²) >= 11 is 0. The Bertz CT molecular complexity index is 744. The van der Waals surface area contributed by atoms with Crippen LogP contribution in [0.15, 0.2) is 73.1 Å². The van der Waals surface area contributed by atoms with E-state index in [0.717, 1.165) is 13.1 Å². The van der Waals surface area contributed by atoms with Gasteiger partial charge in [-0.1, -0.05) is 74.7 Å². The highest BCUT2D eigenvalue weighted by atomic mass is 15.1. The zero-order valence-corrected chi connectivity index (χ0v) is 15.3. The number of aryl methyl sites for hydroxylation is 1. The van der Waals surface area contributed by atoms with Gasteiger partial charge in [-0.05, 0) is 30.5 Å². The average Bonchev–Trinajstić information content (AvgIpc) is 3.05. The second-order valence-electron chi connectivity index (χ2n) is 6.71. The highest BCUT2D eigenvalue weighted by molar-refractivity contribution is 5.52. The molecule has 3 rings (SSSR count). The van der Waals surface area contributed by atoms with E-state index in [9.17, 15) is 0 Å². The fourth-order valence-corrected chi connectivity index (χ4v) is 3.36. The largest absolute Gasteiger partial charge is 0.289 e. The minimum atomic E-state index is 0.911. The van der Waals surface area contributed by atoms with E-state index in [4.69, 9.17) is 0 Å². The lowest BCUT2D eigenvalue weighted by atomic mass is 10.1. The lowest BCUT2D eigenvalue weighted by Gasteiger charge is -2.06. The van der Waals surface area contributed by atoms with Gasteiger partial charge in [0.05, 0.1) is 12.1 Å². The first-order chi connectivity index (χ1) is 12.4. The molecule has 0 aliphatic heterocycles. The third kappa shape index (κ3) is 4.82. The molecule has 0 N–H and O–H groups in total. The minimum Gasteiger partial charge on any atom is -0.230 e. The number of benzene rings is 2. The van der Waals surface area contributed by atoms with Gasteiger partial charge in [-0.15, -0.1) is 0 Å². The zero-order chi connectivity index (χ0) is 17.3. The van der Waals surface area contributed by atoms with E-state index in [2.05, 4.69) is 89.1 Å². The molecule has 0 amide bonds. The molecule has 0 saturated heterocycles. The molecule has 0 unspecified atom stereocenters. The van der Waals surface area contributed by atoms with Gasteiger partial charge in [-0.2, -0.15) is 0 Å². The van der Waals surface area contributed by atoms with Crippen LogP contribution in [-0.4, -0.2) is 4.57 Å². The molecule has 2 aromatic carbocycles. The van der Waals surface area contributed by atoms with Crippen molar-refractivity contribution >= 4 is 0 Å². The maximum absolute atomic E-state index is 2.42. The standard InChI is InChI=1S/C23H29N2/c1-2-3-4-5-12-17-24-18-19-25(20-21-13-8-6-9-14-21)23(24)22-15-10-7-11-16-22/h6-11,13-16,18-19H,2-5,12,17,20H2,1H3/q+1. The predicted octanol–water partition coefficient (Wildman–Crippen LogP) is 5.46. The van der Waals surface area contributed by atoms with Crippen LogP contribution >= 0.6 is 0 Å². The van der Waals surface area contributed by atoms with Crippen LogP contribution < -0.4 is 4.57 Å². The summed E-state index contributed by atoms with van der Waals surface area (Å²) in [5.74, 6) is 1.31. The van der Waals surface area contributed by atoms with Crippen LogP contribution in [0.4, 0.5) is 0 Å². The lowest BCUT2D eigenvalue weighted by Crippen LogP contribution is -2.35. The molecule has 0 atom stereocenters. The highest BCUT2D eigenvalue weighted by Gasteiger charge is 2.19. The van der Waals surface area contributed by atoms with Gasteiger partial charge in [0, 0.05) is 0 Å². The first-order valence-electron chi connectivity index (χ1n) is 9.56. The summed E-state index contributed by atoms with van der Waals surface area (Å²) in [4.78, 5) is 0. The summed E-state index contributed by atoms with van der Waals surface area (Å²) < 4.78 is 4.79. The molecular formula is C23H29N2+. The molecule has 0 radical (unpaired) electrons. The summed E-state index contributed by atoms with van der Waals surface area (Å²) in [6, 6.07) is 21.5. The first-order valence-corrected chi connectivity index (χ1v) is 9.56. The van der Waals surface area contributed by atoms with E-state index < -0.39 is 0 Å². The molecule has 0 saturated carbocycles. The number of hydrogen-bond donors (Lipinski definition) is 0. The van der Waals surface area contributed by atoms with Crippen LogP contribution in [0.25, 0.3) is 11.4 Å². The molecule has 130 valence electrons. The Morgan fingerprint density at radius 2 is 1.48 bits per heavy atom. The summed E-state index contributed by atoms with van der Waals surface area (Å²) in [6.45, 7) is 4.27. The van der Waals surface area contributed by atoms with Crippen molar-refractivity contribution in [2.75, 3.05) is 0 Å². The van der Waals surface area contributed by atoms with Crippen molar-refractivity contribution in [3.8, 4) is 11.4 Å². The lowest BCUT2D eigenvalue weighted by molar-refractivity contribution is -0.686. The number of rotatable bonds is 9. The predicted molar refractivity (Wildman–Crippen MR) is 104 cm³/mol. The van der Waals surface area contributed by atoms with Crippen molar-refractivity contribution in [2.45, 2.75) is 52.1 Å². The Hall–Kier alpha value is -2.35. The average molecular weight is 333 g/mol. The van der Waals surface area contributed by atoms with Crippen LogP contribution in [-0.2, 0) is 13.1 Å². The van der Waals surface area contributed by atoms with Gasteiger partial charge < -0.3 is 0 Å². The second-order valence-corrected chi connectivity index (χ2v) is 6.71. The topological polar surface area (TPSA) is 8.81 Å². The minimum absolute atomic E-state index is 0.911. The van der Waals surface area contributed by atoms with Gasteiger partial charge in [0.25, 0.3) is 5.82 Å². The fraction of sp³-hybridized carbons (Fsp3) is 0.348. The third-order valence-electron chi connectivity index (χ3n) is 4.70. The van der Waals surface area contributed by atoms with E-state index in [1.54, 1.807) is 0 Å². The molecular weight excluding hydrogens is 304 g/mol. The van der Waals surface area contributed by atoms with Crippen molar-refractivity contribution < 1.29 is 4.57 Å².